The van der Waals surface area contributed by atoms with Crippen molar-refractivity contribution in [2.45, 2.75) is 13.2 Å². The molecule has 0 heterocycles. The van der Waals surface area contributed by atoms with Gasteiger partial charge in [0.1, 0.15) is 6.54 Å². The third-order valence-electron chi connectivity index (χ3n) is 1.62. The molecule has 1 unspecified atom stereocenters. The molecule has 15 heavy (non-hydrogen) atoms. The number of esters is 1. The molecular weight excluding hydrogens is 204 g/mol. The molecule has 1 atom stereocenters. The SMILES string of the molecule is CNC(=O)C(O)OC(=O)CN(C)C(C)=O. The highest BCUT2D eigenvalue weighted by atomic mass is 16.6. The van der Waals surface area contributed by atoms with Crippen LogP contribution in [0, 0.1) is 0 Å². The number of nitrogens with zero attached hydrogens (tertiary/aromatic N) is 1. The van der Waals surface area contributed by atoms with E-state index in [0.717, 1.165) is 4.90 Å². The van der Waals surface area contributed by atoms with E-state index < -0.39 is 18.2 Å². The Morgan fingerprint density at radius 1 is 1.47 bits per heavy atom. The van der Waals surface area contributed by atoms with Crippen molar-refractivity contribution in [2.75, 3.05) is 20.6 Å². The summed E-state index contributed by atoms with van der Waals surface area (Å²) in [5.74, 6) is -2.00. The van der Waals surface area contributed by atoms with Gasteiger partial charge < -0.3 is 20.1 Å². The minimum absolute atomic E-state index is 0.316. The van der Waals surface area contributed by atoms with E-state index >= 15 is 0 Å². The largest absolute Gasteiger partial charge is 0.425 e. The van der Waals surface area contributed by atoms with Crippen molar-refractivity contribution in [1.82, 2.24) is 10.2 Å². The van der Waals surface area contributed by atoms with Crippen molar-refractivity contribution in [3.8, 4) is 0 Å². The first-order valence-electron chi connectivity index (χ1n) is 4.19. The van der Waals surface area contributed by atoms with Gasteiger partial charge in [0, 0.05) is 21.0 Å². The van der Waals surface area contributed by atoms with Crippen LogP contribution in [0.5, 0.6) is 0 Å². The molecule has 2 amide bonds. The van der Waals surface area contributed by atoms with E-state index in [-0.39, 0.29) is 12.5 Å². The van der Waals surface area contributed by atoms with Gasteiger partial charge in [-0.25, -0.2) is 0 Å². The normalized spacial score (nSPS) is 11.5. The molecule has 0 aliphatic heterocycles. The molecule has 0 aromatic rings. The van der Waals surface area contributed by atoms with Gasteiger partial charge in [-0.2, -0.15) is 0 Å². The molecule has 0 aliphatic rings. The topological polar surface area (TPSA) is 95.9 Å². The van der Waals surface area contributed by atoms with Crippen LogP contribution in [0.2, 0.25) is 0 Å². The van der Waals surface area contributed by atoms with Crippen LogP contribution in [0.3, 0.4) is 0 Å². The molecule has 0 bridgehead atoms. The summed E-state index contributed by atoms with van der Waals surface area (Å²) in [6.45, 7) is 0.964. The number of hydrogen-bond acceptors (Lipinski definition) is 5. The Kier molecular flexibility index (Phi) is 5.32. The van der Waals surface area contributed by atoms with E-state index in [9.17, 15) is 14.4 Å². The molecule has 0 aromatic carbocycles. The maximum absolute atomic E-state index is 11.0. The van der Waals surface area contributed by atoms with Gasteiger partial charge in [-0.1, -0.05) is 0 Å². The third kappa shape index (κ3) is 4.96. The number of carbonyl (C=O) groups is 3. The van der Waals surface area contributed by atoms with E-state index in [2.05, 4.69) is 10.1 Å². The Balaban J connectivity index is 4.04. The van der Waals surface area contributed by atoms with Crippen molar-refractivity contribution in [2.24, 2.45) is 0 Å². The molecule has 0 aromatic heterocycles. The summed E-state index contributed by atoms with van der Waals surface area (Å²) in [6.07, 6.45) is -1.84. The Morgan fingerprint density at radius 2 is 2.00 bits per heavy atom. The Bertz CT molecular complexity index is 266. The van der Waals surface area contributed by atoms with Crippen molar-refractivity contribution < 1.29 is 24.2 Å². The zero-order valence-corrected chi connectivity index (χ0v) is 8.81. The molecule has 2 N–H and O–H groups in total. The van der Waals surface area contributed by atoms with E-state index in [1.807, 2.05) is 0 Å². The Hall–Kier alpha value is -1.63. The van der Waals surface area contributed by atoms with Gasteiger partial charge in [0.2, 0.25) is 5.91 Å². The van der Waals surface area contributed by atoms with Gasteiger partial charge in [0.15, 0.2) is 0 Å². The van der Waals surface area contributed by atoms with Gasteiger partial charge in [-0.15, -0.1) is 0 Å². The standard InChI is InChI=1S/C8H14N2O5/c1-5(11)10(3)4-6(12)15-8(14)7(13)9-2/h8,14H,4H2,1-3H3,(H,9,13). The first-order chi connectivity index (χ1) is 6.88. The minimum atomic E-state index is -1.84. The fourth-order valence-corrected chi connectivity index (χ4v) is 0.644. The van der Waals surface area contributed by atoms with Crippen molar-refractivity contribution in [1.29, 1.82) is 0 Å². The summed E-state index contributed by atoms with van der Waals surface area (Å²) in [4.78, 5) is 33.6. The lowest BCUT2D eigenvalue weighted by molar-refractivity contribution is -0.177. The molecule has 0 saturated heterocycles. The van der Waals surface area contributed by atoms with E-state index in [4.69, 9.17) is 5.11 Å². The molecular formula is C8H14N2O5. The molecule has 0 saturated carbocycles. The highest BCUT2D eigenvalue weighted by Gasteiger charge is 2.19. The summed E-state index contributed by atoms with van der Waals surface area (Å²) in [7, 11) is 2.69. The summed E-state index contributed by atoms with van der Waals surface area (Å²) >= 11 is 0. The van der Waals surface area contributed by atoms with Crippen molar-refractivity contribution in [3.05, 3.63) is 0 Å². The molecule has 0 radical (unpaired) electrons. The number of aliphatic hydroxyl groups is 1. The molecule has 0 aliphatic carbocycles. The van der Waals surface area contributed by atoms with E-state index in [1.165, 1.54) is 21.0 Å². The maximum Gasteiger partial charge on any atom is 0.328 e. The Morgan fingerprint density at radius 3 is 2.40 bits per heavy atom. The van der Waals surface area contributed by atoms with Crippen LogP contribution in [0.4, 0.5) is 0 Å². The lowest BCUT2D eigenvalue weighted by Gasteiger charge is -2.15. The first-order valence-corrected chi connectivity index (χ1v) is 4.19. The predicted molar refractivity (Wildman–Crippen MR) is 49.5 cm³/mol. The lowest BCUT2D eigenvalue weighted by Crippen LogP contribution is -2.39. The predicted octanol–water partition coefficient (Wildman–Crippen LogP) is -1.93. The van der Waals surface area contributed by atoms with Crippen molar-refractivity contribution >= 4 is 17.8 Å². The second kappa shape index (κ2) is 5.97. The Labute approximate surface area is 87.0 Å². The lowest BCUT2D eigenvalue weighted by atomic mass is 10.5. The van der Waals surface area contributed by atoms with Gasteiger partial charge in [-0.3, -0.25) is 14.4 Å². The van der Waals surface area contributed by atoms with Gasteiger partial charge in [0.05, 0.1) is 0 Å². The number of likely N-dealkylation sites (N-methyl/N-ethyl adjacent to an activating group) is 2. The van der Waals surface area contributed by atoms with Crippen LogP contribution in [0.1, 0.15) is 6.92 Å². The number of nitrogens with one attached hydrogen (secondary N) is 1. The number of rotatable bonds is 4. The number of aliphatic hydroxyl groups excluding tert-OH is 1. The van der Waals surface area contributed by atoms with Gasteiger partial charge in [-0.05, 0) is 0 Å². The fourth-order valence-electron chi connectivity index (χ4n) is 0.644. The maximum atomic E-state index is 11.0. The molecule has 86 valence electrons. The second-order valence-corrected chi connectivity index (χ2v) is 2.83. The minimum Gasteiger partial charge on any atom is -0.425 e. The van der Waals surface area contributed by atoms with E-state index in [1.54, 1.807) is 0 Å². The summed E-state index contributed by atoms with van der Waals surface area (Å²) in [5, 5.41) is 11.1. The van der Waals surface area contributed by atoms with Crippen LogP contribution in [0.15, 0.2) is 0 Å². The average Bonchev–Trinajstić information content (AvgIpc) is 2.15. The third-order valence-corrected chi connectivity index (χ3v) is 1.62. The zero-order valence-electron chi connectivity index (χ0n) is 8.81. The van der Waals surface area contributed by atoms with Gasteiger partial charge >= 0.3 is 5.97 Å². The van der Waals surface area contributed by atoms with E-state index in [0.29, 0.717) is 0 Å². The summed E-state index contributed by atoms with van der Waals surface area (Å²) < 4.78 is 4.33. The van der Waals surface area contributed by atoms with Crippen LogP contribution in [-0.2, 0) is 19.1 Å². The average molecular weight is 218 g/mol. The number of amides is 2. The zero-order chi connectivity index (χ0) is 12.0. The smallest absolute Gasteiger partial charge is 0.328 e. The highest BCUT2D eigenvalue weighted by molar-refractivity contribution is 5.84. The number of ether oxygens (including phenoxy) is 1. The van der Waals surface area contributed by atoms with Crippen LogP contribution < -0.4 is 5.32 Å². The van der Waals surface area contributed by atoms with Gasteiger partial charge in [0.25, 0.3) is 12.2 Å². The molecule has 7 heteroatoms. The number of carbonyl (C=O) groups excluding carboxylic acids is 3. The molecule has 0 rings (SSSR count). The molecule has 7 nitrogen and oxygen atoms in total. The summed E-state index contributed by atoms with van der Waals surface area (Å²) in [6, 6.07) is 0. The van der Waals surface area contributed by atoms with Crippen LogP contribution >= 0.6 is 0 Å². The first kappa shape index (κ1) is 13.4. The monoisotopic (exact) mass is 218 g/mol. The van der Waals surface area contributed by atoms with Crippen LogP contribution in [-0.4, -0.2) is 54.7 Å². The summed E-state index contributed by atoms with van der Waals surface area (Å²) in [5.41, 5.74) is 0. The highest BCUT2D eigenvalue weighted by Crippen LogP contribution is 1.91. The second-order valence-electron chi connectivity index (χ2n) is 2.83. The molecule has 0 fully saturated rings. The quantitative estimate of drug-likeness (QED) is 0.423. The fraction of sp³-hybridized carbons (Fsp3) is 0.625. The van der Waals surface area contributed by atoms with Crippen LogP contribution in [0.25, 0.3) is 0 Å². The number of hydrogen-bond donors (Lipinski definition) is 2. The van der Waals surface area contributed by atoms with Crippen molar-refractivity contribution in [3.63, 3.8) is 0 Å². The molecule has 0 spiro atoms.